The van der Waals surface area contributed by atoms with Crippen molar-refractivity contribution >= 4 is 11.7 Å². The van der Waals surface area contributed by atoms with Crippen LogP contribution in [0.1, 0.15) is 10.4 Å². The highest BCUT2D eigenvalue weighted by Gasteiger charge is 2.09. The van der Waals surface area contributed by atoms with Crippen molar-refractivity contribution < 1.29 is 9.53 Å². The normalized spacial score (nSPS) is 9.17. The minimum atomic E-state index is -0.359. The Bertz CT molecular complexity index is 286. The Kier molecular flexibility index (Phi) is 2.63. The van der Waals surface area contributed by atoms with Crippen LogP contribution in [-0.2, 0) is 4.74 Å². The number of pyridine rings is 1. The zero-order chi connectivity index (χ0) is 8.97. The number of ether oxygens (including phenoxy) is 1. The Morgan fingerprint density at radius 1 is 1.67 bits per heavy atom. The van der Waals surface area contributed by atoms with Gasteiger partial charge in [-0.3, -0.25) is 4.98 Å². The molecule has 1 rings (SSSR count). The molecule has 0 atom stereocenters. The Balaban J connectivity index is 3.04. The fourth-order valence-electron chi connectivity index (χ4n) is 0.882. The maximum absolute atomic E-state index is 11.1. The first-order valence-corrected chi connectivity index (χ1v) is 3.49. The highest BCUT2D eigenvalue weighted by Crippen LogP contribution is 2.12. The minimum Gasteiger partial charge on any atom is -0.465 e. The first kappa shape index (κ1) is 8.52. The predicted octanol–water partition coefficient (Wildman–Crippen LogP) is 0.910. The zero-order valence-corrected chi connectivity index (χ0v) is 7.00. The van der Waals surface area contributed by atoms with E-state index >= 15 is 0 Å². The molecule has 1 aromatic heterocycles. The number of nitrogens with one attached hydrogen (secondary N) is 1. The van der Waals surface area contributed by atoms with Crippen LogP contribution in [0.5, 0.6) is 0 Å². The highest BCUT2D eigenvalue weighted by atomic mass is 16.5. The van der Waals surface area contributed by atoms with Crippen LogP contribution in [-0.4, -0.2) is 25.1 Å². The van der Waals surface area contributed by atoms with E-state index in [0.29, 0.717) is 11.3 Å². The second-order valence-electron chi connectivity index (χ2n) is 2.16. The molecule has 4 nitrogen and oxygen atoms in total. The van der Waals surface area contributed by atoms with Gasteiger partial charge in [0.15, 0.2) is 0 Å². The summed E-state index contributed by atoms with van der Waals surface area (Å²) >= 11 is 0. The lowest BCUT2D eigenvalue weighted by atomic mass is 10.2. The van der Waals surface area contributed by atoms with E-state index in [2.05, 4.69) is 15.0 Å². The molecule has 0 radical (unpaired) electrons. The summed E-state index contributed by atoms with van der Waals surface area (Å²) in [7, 11) is 3.08. The van der Waals surface area contributed by atoms with Crippen molar-refractivity contribution in [2.75, 3.05) is 19.5 Å². The van der Waals surface area contributed by atoms with Gasteiger partial charge in [0, 0.05) is 13.2 Å². The Morgan fingerprint density at radius 2 is 2.42 bits per heavy atom. The summed E-state index contributed by atoms with van der Waals surface area (Å²) in [6, 6.07) is 1.61. The first-order chi connectivity index (χ1) is 5.79. The molecule has 0 aliphatic rings. The van der Waals surface area contributed by atoms with Crippen LogP contribution in [0.2, 0.25) is 0 Å². The molecule has 0 aromatic carbocycles. The van der Waals surface area contributed by atoms with Gasteiger partial charge in [-0.1, -0.05) is 0 Å². The average Bonchev–Trinajstić information content (AvgIpc) is 2.16. The van der Waals surface area contributed by atoms with Crippen LogP contribution < -0.4 is 5.32 Å². The molecule has 1 heterocycles. The van der Waals surface area contributed by atoms with Crippen LogP contribution in [0.3, 0.4) is 0 Å². The van der Waals surface area contributed by atoms with E-state index in [-0.39, 0.29) is 5.97 Å². The van der Waals surface area contributed by atoms with Crippen molar-refractivity contribution in [3.05, 3.63) is 24.0 Å². The van der Waals surface area contributed by atoms with E-state index in [1.807, 2.05) is 0 Å². The smallest absolute Gasteiger partial charge is 0.340 e. The van der Waals surface area contributed by atoms with Crippen molar-refractivity contribution in [3.63, 3.8) is 0 Å². The summed E-state index contributed by atoms with van der Waals surface area (Å²) in [5.41, 5.74) is 1.17. The van der Waals surface area contributed by atoms with Crippen molar-refractivity contribution in [1.29, 1.82) is 0 Å². The van der Waals surface area contributed by atoms with Gasteiger partial charge in [0.05, 0.1) is 24.6 Å². The third kappa shape index (κ3) is 1.53. The van der Waals surface area contributed by atoms with Crippen LogP contribution in [0.4, 0.5) is 5.69 Å². The third-order valence-corrected chi connectivity index (χ3v) is 1.50. The fraction of sp³-hybridized carbons (Fsp3) is 0.250. The van der Waals surface area contributed by atoms with E-state index in [0.717, 1.165) is 0 Å². The number of methoxy groups -OCH3 is 1. The van der Waals surface area contributed by atoms with Crippen molar-refractivity contribution in [1.82, 2.24) is 4.98 Å². The van der Waals surface area contributed by atoms with Crippen LogP contribution in [0.15, 0.2) is 18.5 Å². The van der Waals surface area contributed by atoms with Crippen molar-refractivity contribution in [2.45, 2.75) is 0 Å². The van der Waals surface area contributed by atoms with Crippen LogP contribution >= 0.6 is 0 Å². The van der Waals surface area contributed by atoms with Gasteiger partial charge in [0.1, 0.15) is 0 Å². The topological polar surface area (TPSA) is 51.2 Å². The summed E-state index contributed by atoms with van der Waals surface area (Å²) < 4.78 is 4.57. The molecule has 1 aromatic rings. The van der Waals surface area contributed by atoms with Gasteiger partial charge < -0.3 is 10.1 Å². The molecule has 0 unspecified atom stereocenters. The van der Waals surface area contributed by atoms with E-state index < -0.39 is 0 Å². The molecule has 1 N–H and O–H groups in total. The number of hydrogen-bond acceptors (Lipinski definition) is 4. The Hall–Kier alpha value is -1.58. The number of esters is 1. The summed E-state index contributed by atoms with van der Waals surface area (Å²) in [6.45, 7) is 0. The quantitative estimate of drug-likeness (QED) is 0.663. The molecule has 0 amide bonds. The summed E-state index contributed by atoms with van der Waals surface area (Å²) in [6.07, 6.45) is 3.12. The second-order valence-corrected chi connectivity index (χ2v) is 2.16. The number of anilines is 1. The fourth-order valence-corrected chi connectivity index (χ4v) is 0.882. The number of nitrogens with zero attached hydrogens (tertiary/aromatic N) is 1. The van der Waals surface area contributed by atoms with Crippen molar-refractivity contribution in [2.24, 2.45) is 0 Å². The molecule has 0 spiro atoms. The molecule has 0 aliphatic heterocycles. The average molecular weight is 166 g/mol. The lowest BCUT2D eigenvalue weighted by Gasteiger charge is -2.04. The monoisotopic (exact) mass is 166 g/mol. The van der Waals surface area contributed by atoms with E-state index in [9.17, 15) is 4.79 Å². The third-order valence-electron chi connectivity index (χ3n) is 1.50. The lowest BCUT2D eigenvalue weighted by molar-refractivity contribution is 0.0601. The first-order valence-electron chi connectivity index (χ1n) is 3.49. The lowest BCUT2D eigenvalue weighted by Crippen LogP contribution is -2.05. The number of hydrogen-bond donors (Lipinski definition) is 1. The van der Waals surface area contributed by atoms with Gasteiger partial charge in [-0.15, -0.1) is 0 Å². The Morgan fingerprint density at radius 3 is 3.00 bits per heavy atom. The van der Waals surface area contributed by atoms with Gasteiger partial charge >= 0.3 is 5.97 Å². The van der Waals surface area contributed by atoms with Gasteiger partial charge in [0.2, 0.25) is 0 Å². The number of carbonyl (C=O) groups is 1. The molecular weight excluding hydrogens is 156 g/mol. The molecule has 64 valence electrons. The SMILES string of the molecule is CNc1cnccc1C(=O)OC. The van der Waals surface area contributed by atoms with Gasteiger partial charge in [-0.25, -0.2) is 4.79 Å². The molecule has 4 heteroatoms. The van der Waals surface area contributed by atoms with E-state index in [4.69, 9.17) is 0 Å². The van der Waals surface area contributed by atoms with Gasteiger partial charge in [0.25, 0.3) is 0 Å². The minimum absolute atomic E-state index is 0.359. The number of carbonyl (C=O) groups excluding carboxylic acids is 1. The molecular formula is C8H10N2O2. The highest BCUT2D eigenvalue weighted by molar-refractivity contribution is 5.95. The summed E-state index contributed by atoms with van der Waals surface area (Å²) in [5.74, 6) is -0.359. The molecule has 0 aliphatic carbocycles. The van der Waals surface area contributed by atoms with E-state index in [1.54, 1.807) is 25.5 Å². The summed E-state index contributed by atoms with van der Waals surface area (Å²) in [5, 5.41) is 2.85. The van der Waals surface area contributed by atoms with E-state index in [1.165, 1.54) is 7.11 Å². The number of rotatable bonds is 2. The van der Waals surface area contributed by atoms with Crippen LogP contribution in [0.25, 0.3) is 0 Å². The molecule has 12 heavy (non-hydrogen) atoms. The number of aromatic nitrogens is 1. The standard InChI is InChI=1S/C8H10N2O2/c1-9-7-5-10-4-3-6(7)8(11)12-2/h3-5,9H,1-2H3. The second kappa shape index (κ2) is 3.71. The van der Waals surface area contributed by atoms with Crippen molar-refractivity contribution in [3.8, 4) is 0 Å². The molecule has 0 bridgehead atoms. The maximum Gasteiger partial charge on any atom is 0.340 e. The largest absolute Gasteiger partial charge is 0.465 e. The van der Waals surface area contributed by atoms with Crippen LogP contribution in [0, 0.1) is 0 Å². The summed E-state index contributed by atoms with van der Waals surface area (Å²) in [4.78, 5) is 15.0. The van der Waals surface area contributed by atoms with Gasteiger partial charge in [-0.2, -0.15) is 0 Å². The molecule has 0 saturated heterocycles. The Labute approximate surface area is 70.6 Å². The van der Waals surface area contributed by atoms with Gasteiger partial charge in [-0.05, 0) is 6.07 Å². The molecule has 0 fully saturated rings. The molecule has 0 saturated carbocycles. The zero-order valence-electron chi connectivity index (χ0n) is 7.00. The maximum atomic E-state index is 11.1. The predicted molar refractivity (Wildman–Crippen MR) is 45.1 cm³/mol.